The molecule has 0 aromatic carbocycles. The van der Waals surface area contributed by atoms with Gasteiger partial charge in [0.2, 0.25) is 17.6 Å². The number of piperidine rings is 1. The Kier molecular flexibility index (Phi) is 12.1. The normalized spacial score (nSPS) is 23.8. The van der Waals surface area contributed by atoms with E-state index in [-0.39, 0.29) is 48.0 Å². The fraction of sp³-hybridized carbons (Fsp3) is 0.765. The first-order valence-corrected chi connectivity index (χ1v) is 16.8. The monoisotopic (exact) mass is 645 g/mol. The predicted octanol–water partition coefficient (Wildman–Crippen LogP) is 2.85. The molecule has 3 aliphatic rings. The van der Waals surface area contributed by atoms with Crippen LogP contribution in [0.5, 0.6) is 0 Å². The van der Waals surface area contributed by atoms with Crippen molar-refractivity contribution in [2.75, 3.05) is 13.1 Å². The van der Waals surface area contributed by atoms with E-state index in [0.29, 0.717) is 13.0 Å². The Balaban J connectivity index is 1.82. The molecule has 46 heavy (non-hydrogen) atoms. The van der Waals surface area contributed by atoms with Gasteiger partial charge in [-0.15, -0.1) is 6.58 Å². The van der Waals surface area contributed by atoms with E-state index in [0.717, 1.165) is 25.7 Å². The molecule has 2 saturated carbocycles. The van der Waals surface area contributed by atoms with Crippen molar-refractivity contribution in [2.24, 2.45) is 29.1 Å². The molecule has 1 aliphatic heterocycles. The quantitative estimate of drug-likeness (QED) is 0.128. The number of esters is 1. The van der Waals surface area contributed by atoms with Crippen molar-refractivity contribution >= 4 is 35.5 Å². The third kappa shape index (κ3) is 8.67. The highest BCUT2D eigenvalue weighted by Gasteiger charge is 2.69. The standard InChI is InChI=1S/C34H55N5O7/c1-10-14-22(27(40)29(42)35-17-11-2)36-28(41)26-23-21(34(23,8)9)18-39(26)30(43)25(20-15-12-13-16-20)38-32(45)37-24(19(3)4)31(44)46-33(5,6)7/h11,19-26H,2,10,12-18H2,1,3-9H3,(H,35,42)(H,36,41)(H2,37,38,45)/t21-,22?,23-,24-,25-,26-/m0/s1. The molecule has 0 radical (unpaired) electrons. The number of amides is 5. The lowest BCUT2D eigenvalue weighted by molar-refractivity contribution is -0.158. The molecule has 2 aliphatic carbocycles. The van der Waals surface area contributed by atoms with Gasteiger partial charge in [-0.05, 0) is 69.1 Å². The van der Waals surface area contributed by atoms with Crippen molar-refractivity contribution in [1.29, 1.82) is 0 Å². The number of fused-ring (bicyclic) bond motifs is 1. The minimum absolute atomic E-state index is 0.0824. The molecule has 3 rings (SSSR count). The Hall–Kier alpha value is -3.44. The summed E-state index contributed by atoms with van der Waals surface area (Å²) >= 11 is 0. The van der Waals surface area contributed by atoms with Gasteiger partial charge in [0.25, 0.3) is 5.91 Å². The van der Waals surface area contributed by atoms with Gasteiger partial charge < -0.3 is 30.9 Å². The van der Waals surface area contributed by atoms with Gasteiger partial charge in [0, 0.05) is 13.1 Å². The molecule has 1 heterocycles. The zero-order valence-corrected chi connectivity index (χ0v) is 28.9. The van der Waals surface area contributed by atoms with Crippen LogP contribution in [0.3, 0.4) is 0 Å². The molecule has 0 aromatic rings. The Morgan fingerprint density at radius 3 is 2.20 bits per heavy atom. The summed E-state index contributed by atoms with van der Waals surface area (Å²) in [4.78, 5) is 81.5. The van der Waals surface area contributed by atoms with Gasteiger partial charge in [-0.2, -0.15) is 0 Å². The molecule has 1 unspecified atom stereocenters. The number of ketones is 1. The van der Waals surface area contributed by atoms with E-state index in [1.807, 2.05) is 6.92 Å². The molecule has 1 saturated heterocycles. The average Bonchev–Trinajstić information content (AvgIpc) is 3.41. The van der Waals surface area contributed by atoms with E-state index in [1.54, 1.807) is 39.5 Å². The molecule has 12 heteroatoms. The molecule has 3 fully saturated rings. The molecule has 0 bridgehead atoms. The summed E-state index contributed by atoms with van der Waals surface area (Å²) in [5, 5.41) is 10.9. The van der Waals surface area contributed by atoms with Crippen LogP contribution >= 0.6 is 0 Å². The van der Waals surface area contributed by atoms with Gasteiger partial charge >= 0.3 is 12.0 Å². The fourth-order valence-corrected chi connectivity index (χ4v) is 7.08. The number of nitrogens with one attached hydrogen (secondary N) is 4. The molecule has 4 N–H and O–H groups in total. The summed E-state index contributed by atoms with van der Waals surface area (Å²) in [7, 11) is 0. The van der Waals surface area contributed by atoms with E-state index in [4.69, 9.17) is 4.74 Å². The van der Waals surface area contributed by atoms with Crippen LogP contribution in [0.4, 0.5) is 4.79 Å². The zero-order chi connectivity index (χ0) is 34.6. The van der Waals surface area contributed by atoms with E-state index in [2.05, 4.69) is 41.7 Å². The number of carbonyl (C=O) groups is 6. The van der Waals surface area contributed by atoms with Crippen molar-refractivity contribution in [3.8, 4) is 0 Å². The maximum atomic E-state index is 14.3. The van der Waals surface area contributed by atoms with Crippen LogP contribution in [0, 0.1) is 29.1 Å². The number of Topliss-reactive ketones (excluding diaryl/α,β-unsaturated/α-hetero) is 1. The largest absolute Gasteiger partial charge is 0.458 e. The first-order chi connectivity index (χ1) is 21.4. The van der Waals surface area contributed by atoms with Crippen molar-refractivity contribution in [1.82, 2.24) is 26.2 Å². The van der Waals surface area contributed by atoms with Crippen molar-refractivity contribution in [3.63, 3.8) is 0 Å². The SMILES string of the molecule is C=CCNC(=O)C(=O)C(CCC)NC(=O)[C@@H]1[C@@H]2[C@H](CN1C(=O)[C@@H](NC(=O)N[C@H](C(=O)OC(C)(C)C)C(C)C)C1CCCC1)C2(C)C. The number of rotatable bonds is 14. The summed E-state index contributed by atoms with van der Waals surface area (Å²) in [6.07, 6.45) is 5.61. The number of hydrogen-bond acceptors (Lipinski definition) is 7. The van der Waals surface area contributed by atoms with Gasteiger partial charge in [-0.3, -0.25) is 19.2 Å². The van der Waals surface area contributed by atoms with E-state index < -0.39 is 59.4 Å². The minimum atomic E-state index is -1.03. The van der Waals surface area contributed by atoms with Crippen LogP contribution in [-0.4, -0.2) is 83.3 Å². The maximum absolute atomic E-state index is 14.3. The molecule has 5 amide bonds. The third-order valence-corrected chi connectivity index (χ3v) is 9.64. The van der Waals surface area contributed by atoms with Crippen molar-refractivity contribution < 1.29 is 33.5 Å². The van der Waals surface area contributed by atoms with Gasteiger partial charge in [0.1, 0.15) is 23.7 Å². The summed E-state index contributed by atoms with van der Waals surface area (Å²) in [5.74, 6) is -3.38. The van der Waals surface area contributed by atoms with Crippen LogP contribution in [-0.2, 0) is 28.7 Å². The van der Waals surface area contributed by atoms with Gasteiger partial charge in [-0.25, -0.2) is 9.59 Å². The number of likely N-dealkylation sites (tertiary alicyclic amines) is 1. The van der Waals surface area contributed by atoms with Crippen molar-refractivity contribution in [3.05, 3.63) is 12.7 Å². The van der Waals surface area contributed by atoms with Crippen molar-refractivity contribution in [2.45, 2.75) is 124 Å². The topological polar surface area (TPSA) is 163 Å². The third-order valence-electron chi connectivity index (χ3n) is 9.64. The van der Waals surface area contributed by atoms with Gasteiger partial charge in [0.15, 0.2) is 0 Å². The highest BCUT2D eigenvalue weighted by atomic mass is 16.6. The second-order valence-electron chi connectivity index (χ2n) is 15.0. The lowest BCUT2D eigenvalue weighted by atomic mass is 9.94. The maximum Gasteiger partial charge on any atom is 0.329 e. The Morgan fingerprint density at radius 1 is 1.02 bits per heavy atom. The first-order valence-electron chi connectivity index (χ1n) is 16.8. The molecular weight excluding hydrogens is 590 g/mol. The second-order valence-corrected chi connectivity index (χ2v) is 15.0. The number of hydrogen-bond donors (Lipinski definition) is 4. The van der Waals surface area contributed by atoms with Crippen LogP contribution < -0.4 is 21.3 Å². The molecule has 12 nitrogen and oxygen atoms in total. The summed E-state index contributed by atoms with van der Waals surface area (Å²) in [6, 6.07) is -4.36. The highest BCUT2D eigenvalue weighted by Crippen LogP contribution is 2.65. The predicted molar refractivity (Wildman–Crippen MR) is 173 cm³/mol. The number of carbonyl (C=O) groups excluding carboxylic acids is 6. The summed E-state index contributed by atoms with van der Waals surface area (Å²) in [6.45, 7) is 18.9. The Morgan fingerprint density at radius 2 is 1.65 bits per heavy atom. The molecule has 0 aromatic heterocycles. The lowest BCUT2D eigenvalue weighted by Gasteiger charge is -2.35. The van der Waals surface area contributed by atoms with E-state index in [9.17, 15) is 28.8 Å². The van der Waals surface area contributed by atoms with Crippen LogP contribution in [0.1, 0.15) is 93.9 Å². The fourth-order valence-electron chi connectivity index (χ4n) is 7.08. The smallest absolute Gasteiger partial charge is 0.329 e. The molecule has 258 valence electrons. The second kappa shape index (κ2) is 15.0. The van der Waals surface area contributed by atoms with Gasteiger partial charge in [-0.1, -0.05) is 60.0 Å². The summed E-state index contributed by atoms with van der Waals surface area (Å²) < 4.78 is 5.52. The number of ether oxygens (including phenoxy) is 1. The molecule has 0 spiro atoms. The van der Waals surface area contributed by atoms with Crippen LogP contribution in [0.15, 0.2) is 12.7 Å². The van der Waals surface area contributed by atoms with E-state index >= 15 is 0 Å². The summed E-state index contributed by atoms with van der Waals surface area (Å²) in [5.41, 5.74) is -0.920. The van der Waals surface area contributed by atoms with Crippen LogP contribution in [0.2, 0.25) is 0 Å². The first kappa shape index (κ1) is 37.0. The van der Waals surface area contributed by atoms with Gasteiger partial charge in [0.05, 0.1) is 6.04 Å². The Bertz CT molecular complexity index is 1190. The molecular formula is C34H55N5O7. The lowest BCUT2D eigenvalue weighted by Crippen LogP contribution is -2.61. The Labute approximate surface area is 273 Å². The van der Waals surface area contributed by atoms with E-state index in [1.165, 1.54) is 6.08 Å². The zero-order valence-electron chi connectivity index (χ0n) is 28.9. The minimum Gasteiger partial charge on any atom is -0.458 e. The molecule has 6 atom stereocenters. The highest BCUT2D eigenvalue weighted by molar-refractivity contribution is 6.38. The van der Waals surface area contributed by atoms with Crippen LogP contribution in [0.25, 0.3) is 0 Å². The number of nitrogens with zero attached hydrogens (tertiary/aromatic N) is 1. The number of urea groups is 1. The average molecular weight is 646 g/mol.